The first kappa shape index (κ1) is 13.1. The van der Waals surface area contributed by atoms with Crippen molar-refractivity contribution in [1.29, 1.82) is 0 Å². The Labute approximate surface area is 96.4 Å². The van der Waals surface area contributed by atoms with E-state index in [1.807, 2.05) is 0 Å². The number of hydrogen-bond donors (Lipinski definition) is 1. The number of nitrogens with zero attached hydrogens (tertiary/aromatic N) is 4. The van der Waals surface area contributed by atoms with Crippen molar-refractivity contribution in [2.75, 3.05) is 19.8 Å². The van der Waals surface area contributed by atoms with Gasteiger partial charge in [0.2, 0.25) is 0 Å². The summed E-state index contributed by atoms with van der Waals surface area (Å²) in [5, 5.41) is 14.9. The largest absolute Gasteiger partial charge is 0.381 e. The molecule has 0 saturated heterocycles. The van der Waals surface area contributed by atoms with Gasteiger partial charge in [0.1, 0.15) is 0 Å². The Hall–Kier alpha value is -1.01. The minimum atomic E-state index is 0.608. The number of tetrazole rings is 1. The molecule has 1 aromatic rings. The second-order valence-corrected chi connectivity index (χ2v) is 4.19. The van der Waals surface area contributed by atoms with E-state index in [1.165, 1.54) is 4.80 Å². The van der Waals surface area contributed by atoms with E-state index in [0.29, 0.717) is 12.5 Å². The molecule has 92 valence electrons. The van der Waals surface area contributed by atoms with Gasteiger partial charge in [-0.15, -0.1) is 10.2 Å². The quantitative estimate of drug-likeness (QED) is 0.650. The summed E-state index contributed by atoms with van der Waals surface area (Å²) in [5.41, 5.74) is 0. The molecule has 0 aliphatic carbocycles. The molecule has 0 amide bonds. The highest BCUT2D eigenvalue weighted by molar-refractivity contribution is 4.74. The highest BCUT2D eigenvalue weighted by Gasteiger charge is 1.98. The lowest BCUT2D eigenvalue weighted by Crippen LogP contribution is -2.17. The summed E-state index contributed by atoms with van der Waals surface area (Å²) in [6, 6.07) is 0. The molecular weight excluding hydrogens is 206 g/mol. The molecule has 0 radical (unpaired) electrons. The fourth-order valence-corrected chi connectivity index (χ4v) is 1.21. The zero-order chi connectivity index (χ0) is 11.8. The van der Waals surface area contributed by atoms with E-state index in [0.717, 1.165) is 32.0 Å². The molecule has 0 fully saturated rings. The SMILES string of the molecule is CC(C)COCCCNCc1nnn(C)n1. The number of aryl methyl sites for hydroxylation is 1. The molecule has 1 heterocycles. The fraction of sp³-hybridized carbons (Fsp3) is 0.900. The fourth-order valence-electron chi connectivity index (χ4n) is 1.21. The molecule has 0 unspecified atom stereocenters. The molecule has 0 saturated carbocycles. The van der Waals surface area contributed by atoms with Crippen LogP contribution < -0.4 is 5.32 Å². The second-order valence-electron chi connectivity index (χ2n) is 4.19. The van der Waals surface area contributed by atoms with E-state index < -0.39 is 0 Å². The summed E-state index contributed by atoms with van der Waals surface area (Å²) < 4.78 is 5.46. The van der Waals surface area contributed by atoms with Gasteiger partial charge in [0.15, 0.2) is 5.82 Å². The first-order chi connectivity index (χ1) is 7.68. The molecule has 1 aromatic heterocycles. The van der Waals surface area contributed by atoms with Crippen LogP contribution in [0.25, 0.3) is 0 Å². The average Bonchev–Trinajstić information content (AvgIpc) is 2.62. The Morgan fingerprint density at radius 1 is 1.44 bits per heavy atom. The Bertz CT molecular complexity index is 286. The second kappa shape index (κ2) is 7.29. The summed E-state index contributed by atoms with van der Waals surface area (Å²) in [6.07, 6.45) is 1.01. The molecule has 0 aromatic carbocycles. The molecule has 1 rings (SSSR count). The first-order valence-electron chi connectivity index (χ1n) is 5.70. The average molecular weight is 227 g/mol. The molecule has 1 N–H and O–H groups in total. The van der Waals surface area contributed by atoms with E-state index in [9.17, 15) is 0 Å². The monoisotopic (exact) mass is 227 g/mol. The smallest absolute Gasteiger partial charge is 0.188 e. The van der Waals surface area contributed by atoms with Crippen LogP contribution in [0.3, 0.4) is 0 Å². The molecule has 6 heteroatoms. The van der Waals surface area contributed by atoms with Crippen LogP contribution in [0.5, 0.6) is 0 Å². The van der Waals surface area contributed by atoms with E-state index in [4.69, 9.17) is 4.74 Å². The molecular formula is C10H21N5O. The third-order valence-corrected chi connectivity index (χ3v) is 1.93. The summed E-state index contributed by atoms with van der Waals surface area (Å²) >= 11 is 0. The summed E-state index contributed by atoms with van der Waals surface area (Å²) in [4.78, 5) is 1.46. The van der Waals surface area contributed by atoms with Crippen LogP contribution >= 0.6 is 0 Å². The molecule has 0 atom stereocenters. The van der Waals surface area contributed by atoms with E-state index >= 15 is 0 Å². The lowest BCUT2D eigenvalue weighted by Gasteiger charge is -2.06. The van der Waals surface area contributed by atoms with Crippen molar-refractivity contribution < 1.29 is 4.74 Å². The zero-order valence-corrected chi connectivity index (χ0v) is 10.3. The summed E-state index contributed by atoms with van der Waals surface area (Å²) in [7, 11) is 1.76. The molecule has 0 spiro atoms. The van der Waals surface area contributed by atoms with E-state index in [-0.39, 0.29) is 0 Å². The van der Waals surface area contributed by atoms with Crippen LogP contribution in [0, 0.1) is 5.92 Å². The van der Waals surface area contributed by atoms with Crippen molar-refractivity contribution >= 4 is 0 Å². The van der Waals surface area contributed by atoms with Crippen molar-refractivity contribution in [3.8, 4) is 0 Å². The molecule has 0 bridgehead atoms. The highest BCUT2D eigenvalue weighted by atomic mass is 16.5. The number of aromatic nitrogens is 4. The number of hydrogen-bond acceptors (Lipinski definition) is 5. The van der Waals surface area contributed by atoms with Crippen molar-refractivity contribution in [2.45, 2.75) is 26.8 Å². The van der Waals surface area contributed by atoms with Gasteiger partial charge >= 0.3 is 0 Å². The Kier molecular flexibility index (Phi) is 5.95. The maximum Gasteiger partial charge on any atom is 0.188 e. The van der Waals surface area contributed by atoms with Crippen LogP contribution in [0.4, 0.5) is 0 Å². The Morgan fingerprint density at radius 3 is 2.88 bits per heavy atom. The van der Waals surface area contributed by atoms with Crippen molar-refractivity contribution in [1.82, 2.24) is 25.5 Å². The normalized spacial score (nSPS) is 11.2. The summed E-state index contributed by atoms with van der Waals surface area (Å²) in [6.45, 7) is 7.52. The van der Waals surface area contributed by atoms with Gasteiger partial charge in [0.05, 0.1) is 13.6 Å². The number of ether oxygens (including phenoxy) is 1. The lowest BCUT2D eigenvalue weighted by molar-refractivity contribution is 0.108. The standard InChI is InChI=1S/C10H21N5O/c1-9(2)8-16-6-4-5-11-7-10-12-14-15(3)13-10/h9,11H,4-8H2,1-3H3. The van der Waals surface area contributed by atoms with Gasteiger partial charge in [-0.1, -0.05) is 13.8 Å². The molecule has 16 heavy (non-hydrogen) atoms. The molecule has 6 nitrogen and oxygen atoms in total. The number of nitrogens with one attached hydrogen (secondary N) is 1. The topological polar surface area (TPSA) is 64.9 Å². The van der Waals surface area contributed by atoms with Gasteiger partial charge in [-0.2, -0.15) is 4.80 Å². The summed E-state index contributed by atoms with van der Waals surface area (Å²) in [5.74, 6) is 1.34. The van der Waals surface area contributed by atoms with Crippen LogP contribution in [0.1, 0.15) is 26.1 Å². The molecule has 0 aliphatic rings. The first-order valence-corrected chi connectivity index (χ1v) is 5.70. The number of rotatable bonds is 8. The van der Waals surface area contributed by atoms with Crippen molar-refractivity contribution in [2.24, 2.45) is 13.0 Å². The van der Waals surface area contributed by atoms with Gasteiger partial charge in [-0.05, 0) is 24.1 Å². The lowest BCUT2D eigenvalue weighted by atomic mass is 10.2. The van der Waals surface area contributed by atoms with Crippen LogP contribution in [0.15, 0.2) is 0 Å². The van der Waals surface area contributed by atoms with E-state index in [1.54, 1.807) is 7.05 Å². The maximum atomic E-state index is 5.46. The third-order valence-electron chi connectivity index (χ3n) is 1.93. The van der Waals surface area contributed by atoms with Crippen LogP contribution in [-0.2, 0) is 18.3 Å². The van der Waals surface area contributed by atoms with E-state index in [2.05, 4.69) is 34.6 Å². The maximum absolute atomic E-state index is 5.46. The van der Waals surface area contributed by atoms with Gasteiger partial charge in [0, 0.05) is 13.2 Å². The minimum Gasteiger partial charge on any atom is -0.381 e. The van der Waals surface area contributed by atoms with Gasteiger partial charge < -0.3 is 10.1 Å². The van der Waals surface area contributed by atoms with Gasteiger partial charge in [-0.3, -0.25) is 0 Å². The third kappa shape index (κ3) is 5.77. The highest BCUT2D eigenvalue weighted by Crippen LogP contribution is 1.93. The van der Waals surface area contributed by atoms with Crippen molar-refractivity contribution in [3.63, 3.8) is 0 Å². The van der Waals surface area contributed by atoms with Crippen molar-refractivity contribution in [3.05, 3.63) is 5.82 Å². The van der Waals surface area contributed by atoms with Crippen LogP contribution in [-0.4, -0.2) is 40.0 Å². The Balaban J connectivity index is 1.92. The van der Waals surface area contributed by atoms with Crippen LogP contribution in [0.2, 0.25) is 0 Å². The minimum absolute atomic E-state index is 0.608. The Morgan fingerprint density at radius 2 is 2.25 bits per heavy atom. The zero-order valence-electron chi connectivity index (χ0n) is 10.3. The van der Waals surface area contributed by atoms with Gasteiger partial charge in [0.25, 0.3) is 0 Å². The van der Waals surface area contributed by atoms with Gasteiger partial charge in [-0.25, -0.2) is 0 Å². The molecule has 0 aliphatic heterocycles. The predicted molar refractivity (Wildman–Crippen MR) is 60.8 cm³/mol. The predicted octanol–water partition coefficient (Wildman–Crippen LogP) is 0.362.